The van der Waals surface area contributed by atoms with Gasteiger partial charge in [-0.15, -0.1) is 11.6 Å². The molecule has 0 N–H and O–H groups in total. The molecule has 4 rings (SSSR count). The van der Waals surface area contributed by atoms with Crippen LogP contribution in [0, 0.1) is 35.5 Å². The van der Waals surface area contributed by atoms with Gasteiger partial charge in [-0.25, -0.2) is 0 Å². The second-order valence-electron chi connectivity index (χ2n) is 6.06. The molecule has 4 aliphatic carbocycles. The van der Waals surface area contributed by atoms with Crippen LogP contribution in [0.1, 0.15) is 19.3 Å². The van der Waals surface area contributed by atoms with Gasteiger partial charge in [0.15, 0.2) is 0 Å². The fourth-order valence-corrected chi connectivity index (χ4v) is 5.68. The Labute approximate surface area is 118 Å². The maximum Gasteiger partial charge on any atom is 1.00 e. The van der Waals surface area contributed by atoms with E-state index in [1.807, 2.05) is 0 Å². The molecule has 0 amide bonds. The molecule has 4 heteroatoms. The quantitative estimate of drug-likeness (QED) is 0.236. The van der Waals surface area contributed by atoms with Gasteiger partial charge >= 0.3 is 18.9 Å². The Morgan fingerprint density at radius 3 is 2.53 bits per heavy atom. The average Bonchev–Trinajstić information content (AvgIpc) is 2.92. The molecular formula is C13H14ClLiO2. The number of hydrogen-bond donors (Lipinski definition) is 0. The second kappa shape index (κ2) is 3.56. The molecule has 0 aromatic rings. The van der Waals surface area contributed by atoms with E-state index in [9.17, 15) is 9.90 Å². The summed E-state index contributed by atoms with van der Waals surface area (Å²) in [6.07, 6.45) is 7.53. The molecule has 86 valence electrons. The zero-order valence-corrected chi connectivity index (χ0v) is 10.7. The number of hydrogen-bond acceptors (Lipinski definition) is 2. The monoisotopic (exact) mass is 244 g/mol. The smallest absolute Gasteiger partial charge is 0.548 e. The van der Waals surface area contributed by atoms with Gasteiger partial charge in [-0.3, -0.25) is 0 Å². The summed E-state index contributed by atoms with van der Waals surface area (Å²) in [4.78, 5) is 10.2. The van der Waals surface area contributed by atoms with E-state index in [0.717, 1.165) is 12.3 Å². The van der Waals surface area contributed by atoms with E-state index in [4.69, 9.17) is 11.6 Å². The number of alkyl halides is 1. The van der Waals surface area contributed by atoms with Gasteiger partial charge in [0.25, 0.3) is 0 Å². The van der Waals surface area contributed by atoms with Crippen molar-refractivity contribution in [2.75, 3.05) is 0 Å². The van der Waals surface area contributed by atoms with Crippen molar-refractivity contribution in [3.8, 4) is 0 Å². The molecule has 4 bridgehead atoms. The molecule has 0 aromatic heterocycles. The SMILES string of the molecule is O=C([O-])C1(Cl)CC2CC1C1C3C=CC(C3)C21.[Li+]. The Hall–Kier alpha value is 0.0974. The number of carbonyl (C=O) groups is 1. The van der Waals surface area contributed by atoms with Crippen molar-refractivity contribution in [2.24, 2.45) is 35.5 Å². The van der Waals surface area contributed by atoms with Crippen molar-refractivity contribution in [3.63, 3.8) is 0 Å². The van der Waals surface area contributed by atoms with E-state index in [1.165, 1.54) is 6.42 Å². The van der Waals surface area contributed by atoms with Gasteiger partial charge in [-0.05, 0) is 54.8 Å². The van der Waals surface area contributed by atoms with Gasteiger partial charge in [-0.1, -0.05) is 12.2 Å². The molecule has 0 saturated heterocycles. The first kappa shape index (κ1) is 12.1. The first-order valence-electron chi connectivity index (χ1n) is 6.20. The maximum absolute atomic E-state index is 11.2. The summed E-state index contributed by atoms with van der Waals surface area (Å²) in [5.41, 5.74) is 0. The molecule has 0 aromatic carbocycles. The van der Waals surface area contributed by atoms with Gasteiger partial charge < -0.3 is 9.90 Å². The van der Waals surface area contributed by atoms with Crippen LogP contribution in [0.3, 0.4) is 0 Å². The number of allylic oxidation sites excluding steroid dienone is 2. The molecule has 4 aliphatic rings. The van der Waals surface area contributed by atoms with Crippen molar-refractivity contribution >= 4 is 17.6 Å². The third-order valence-electron chi connectivity index (χ3n) is 5.64. The van der Waals surface area contributed by atoms with Crippen molar-refractivity contribution in [1.82, 2.24) is 0 Å². The van der Waals surface area contributed by atoms with Crippen LogP contribution in [-0.2, 0) is 4.79 Å². The summed E-state index contributed by atoms with van der Waals surface area (Å²) in [6, 6.07) is 0. The molecule has 7 unspecified atom stereocenters. The number of fused-ring (bicyclic) bond motifs is 9. The summed E-state index contributed by atoms with van der Waals surface area (Å²) in [6.45, 7) is 0. The summed E-state index contributed by atoms with van der Waals surface area (Å²) in [7, 11) is 0. The number of carboxylic acid groups (broad SMARTS) is 1. The van der Waals surface area contributed by atoms with Gasteiger partial charge in [0.2, 0.25) is 0 Å². The van der Waals surface area contributed by atoms with Crippen molar-refractivity contribution in [3.05, 3.63) is 12.2 Å². The minimum Gasteiger partial charge on any atom is -0.548 e. The largest absolute Gasteiger partial charge is 1.00 e. The standard InChI is InChI=1S/C13H15ClO2.Li/c14-13(12(15)16)5-8-4-9(13)11-7-2-1-6(3-7)10(8)11;/h1-2,6-11H,3-5H2,(H,15,16);/q;+1/p-1. The first-order chi connectivity index (χ1) is 7.61. The fraction of sp³-hybridized carbons (Fsp3) is 0.769. The Balaban J connectivity index is 0.000000902. The zero-order valence-electron chi connectivity index (χ0n) is 9.93. The molecule has 0 radical (unpaired) electrons. The van der Waals surface area contributed by atoms with Crippen LogP contribution in [0.5, 0.6) is 0 Å². The van der Waals surface area contributed by atoms with Crippen molar-refractivity contribution < 1.29 is 28.8 Å². The first-order valence-corrected chi connectivity index (χ1v) is 6.58. The van der Waals surface area contributed by atoms with Crippen LogP contribution in [0.15, 0.2) is 12.2 Å². The molecular weight excluding hydrogens is 231 g/mol. The van der Waals surface area contributed by atoms with E-state index < -0.39 is 10.8 Å². The Morgan fingerprint density at radius 2 is 1.88 bits per heavy atom. The third-order valence-corrected chi connectivity index (χ3v) is 6.22. The summed E-state index contributed by atoms with van der Waals surface area (Å²) in [5, 5.41) is 11.2. The third kappa shape index (κ3) is 1.27. The van der Waals surface area contributed by atoms with Crippen LogP contribution < -0.4 is 24.0 Å². The van der Waals surface area contributed by atoms with Crippen LogP contribution >= 0.6 is 11.6 Å². The Kier molecular flexibility index (Phi) is 2.54. The van der Waals surface area contributed by atoms with Crippen LogP contribution in [0.2, 0.25) is 0 Å². The molecule has 7 atom stereocenters. The van der Waals surface area contributed by atoms with Gasteiger partial charge in [0.1, 0.15) is 0 Å². The molecule has 2 nitrogen and oxygen atoms in total. The maximum atomic E-state index is 11.2. The van der Waals surface area contributed by atoms with E-state index in [1.54, 1.807) is 0 Å². The molecule has 0 spiro atoms. The normalized spacial score (nSPS) is 57.0. The number of carboxylic acids is 1. The zero-order chi connectivity index (χ0) is 11.1. The van der Waals surface area contributed by atoms with E-state index >= 15 is 0 Å². The second-order valence-corrected chi connectivity index (χ2v) is 6.73. The summed E-state index contributed by atoms with van der Waals surface area (Å²) >= 11 is 6.32. The number of halogens is 1. The van der Waals surface area contributed by atoms with Crippen molar-refractivity contribution in [2.45, 2.75) is 24.1 Å². The fourth-order valence-electron chi connectivity index (χ4n) is 5.25. The molecule has 17 heavy (non-hydrogen) atoms. The average molecular weight is 245 g/mol. The van der Waals surface area contributed by atoms with E-state index in [0.29, 0.717) is 30.1 Å². The van der Waals surface area contributed by atoms with Crippen LogP contribution in [-0.4, -0.2) is 10.8 Å². The molecule has 3 fully saturated rings. The number of carbonyl (C=O) groups excluding carboxylic acids is 1. The van der Waals surface area contributed by atoms with Gasteiger partial charge in [0.05, 0.1) is 10.8 Å². The molecule has 3 saturated carbocycles. The van der Waals surface area contributed by atoms with Crippen LogP contribution in [0.4, 0.5) is 0 Å². The number of aliphatic carboxylic acids is 1. The Bertz CT molecular complexity index is 410. The van der Waals surface area contributed by atoms with Crippen molar-refractivity contribution in [1.29, 1.82) is 0 Å². The minimum atomic E-state index is -1.05. The van der Waals surface area contributed by atoms with E-state index in [2.05, 4.69) is 12.2 Å². The minimum absolute atomic E-state index is 0. The molecule has 0 aliphatic heterocycles. The summed E-state index contributed by atoms with van der Waals surface area (Å²) in [5.74, 6) is 2.23. The molecule has 0 heterocycles. The summed E-state index contributed by atoms with van der Waals surface area (Å²) < 4.78 is 0. The number of rotatable bonds is 1. The Morgan fingerprint density at radius 1 is 1.24 bits per heavy atom. The van der Waals surface area contributed by atoms with Gasteiger partial charge in [0, 0.05) is 0 Å². The van der Waals surface area contributed by atoms with E-state index in [-0.39, 0.29) is 24.8 Å². The van der Waals surface area contributed by atoms with Crippen LogP contribution in [0.25, 0.3) is 0 Å². The van der Waals surface area contributed by atoms with Gasteiger partial charge in [-0.2, -0.15) is 0 Å². The predicted molar refractivity (Wildman–Crippen MR) is 57.5 cm³/mol. The predicted octanol–water partition coefficient (Wildman–Crippen LogP) is -1.80. The topological polar surface area (TPSA) is 40.1 Å².